The molecule has 0 amide bonds. The second-order valence-electron chi connectivity index (χ2n) is 4.61. The maximum absolute atomic E-state index is 12.5. The Hall–Kier alpha value is -1.85. The molecule has 0 saturated carbocycles. The molecule has 0 aromatic heterocycles. The van der Waals surface area contributed by atoms with Crippen LogP contribution in [-0.2, 0) is 16.6 Å². The smallest absolute Gasteiger partial charge is 0.264 e. The highest BCUT2D eigenvalue weighted by Gasteiger charge is 2.20. The fourth-order valence-electron chi connectivity index (χ4n) is 1.82. The summed E-state index contributed by atoms with van der Waals surface area (Å²) in [6.45, 7) is 1.85. The monoisotopic (exact) mass is 291 g/mol. The van der Waals surface area contributed by atoms with E-state index in [0.29, 0.717) is 11.3 Å². The first-order chi connectivity index (χ1) is 9.45. The average Bonchev–Trinajstić information content (AvgIpc) is 2.47. The molecule has 2 aromatic rings. The number of anilines is 1. The van der Waals surface area contributed by atoms with Crippen LogP contribution in [0.25, 0.3) is 0 Å². The van der Waals surface area contributed by atoms with E-state index in [1.165, 1.54) is 23.5 Å². The van der Waals surface area contributed by atoms with Crippen LogP contribution in [0.4, 0.5) is 5.69 Å². The van der Waals surface area contributed by atoms with Crippen molar-refractivity contribution in [1.29, 1.82) is 0 Å². The molecule has 0 fully saturated rings. The van der Waals surface area contributed by atoms with E-state index >= 15 is 0 Å². The van der Waals surface area contributed by atoms with E-state index in [-0.39, 0.29) is 11.5 Å². The third kappa shape index (κ3) is 2.84. The van der Waals surface area contributed by atoms with Gasteiger partial charge in [0, 0.05) is 7.05 Å². The molecule has 4 nitrogen and oxygen atoms in total. The quantitative estimate of drug-likeness (QED) is 0.940. The maximum Gasteiger partial charge on any atom is 0.264 e. The van der Waals surface area contributed by atoms with E-state index in [9.17, 15) is 8.42 Å². The summed E-state index contributed by atoms with van der Waals surface area (Å²) in [5.74, 6) is 0. The van der Waals surface area contributed by atoms with Gasteiger partial charge in [0.2, 0.25) is 0 Å². The molecule has 0 bridgehead atoms. The molecular formula is C15H17NO3S. The van der Waals surface area contributed by atoms with Crippen LogP contribution in [0.5, 0.6) is 0 Å². The molecule has 0 saturated heterocycles. The Balaban J connectivity index is 2.35. The predicted molar refractivity (Wildman–Crippen MR) is 79.1 cm³/mol. The molecule has 0 aliphatic carbocycles. The first-order valence-corrected chi connectivity index (χ1v) is 7.64. The average molecular weight is 291 g/mol. The highest BCUT2D eigenvalue weighted by molar-refractivity contribution is 7.92. The van der Waals surface area contributed by atoms with Crippen molar-refractivity contribution in [2.45, 2.75) is 18.4 Å². The summed E-state index contributed by atoms with van der Waals surface area (Å²) in [5.41, 5.74) is 2.37. The molecule has 106 valence electrons. The summed E-state index contributed by atoms with van der Waals surface area (Å²) < 4.78 is 26.2. The van der Waals surface area contributed by atoms with Gasteiger partial charge < -0.3 is 5.11 Å². The first kappa shape index (κ1) is 14.6. The number of benzene rings is 2. The third-order valence-corrected chi connectivity index (χ3v) is 4.96. The van der Waals surface area contributed by atoms with Crippen molar-refractivity contribution in [3.63, 3.8) is 0 Å². The number of aryl methyl sites for hydroxylation is 1. The van der Waals surface area contributed by atoms with Gasteiger partial charge >= 0.3 is 0 Å². The Morgan fingerprint density at radius 3 is 2.05 bits per heavy atom. The van der Waals surface area contributed by atoms with Crippen LogP contribution in [-0.4, -0.2) is 20.6 Å². The summed E-state index contributed by atoms with van der Waals surface area (Å²) in [4.78, 5) is 0.206. The van der Waals surface area contributed by atoms with Crippen molar-refractivity contribution in [3.05, 3.63) is 59.7 Å². The molecule has 20 heavy (non-hydrogen) atoms. The Labute approximate surface area is 119 Å². The van der Waals surface area contributed by atoms with Crippen molar-refractivity contribution in [2.24, 2.45) is 0 Å². The van der Waals surface area contributed by atoms with Gasteiger partial charge in [-0.25, -0.2) is 8.42 Å². The van der Waals surface area contributed by atoms with Crippen molar-refractivity contribution < 1.29 is 13.5 Å². The number of aliphatic hydroxyl groups is 1. The first-order valence-electron chi connectivity index (χ1n) is 6.20. The Morgan fingerprint density at radius 2 is 1.55 bits per heavy atom. The lowest BCUT2D eigenvalue weighted by atomic mass is 10.2. The van der Waals surface area contributed by atoms with E-state index in [4.69, 9.17) is 5.11 Å². The largest absolute Gasteiger partial charge is 0.392 e. The van der Waals surface area contributed by atoms with Gasteiger partial charge in [0.25, 0.3) is 10.0 Å². The van der Waals surface area contributed by atoms with Crippen molar-refractivity contribution in [1.82, 2.24) is 0 Å². The van der Waals surface area contributed by atoms with E-state index in [0.717, 1.165) is 5.56 Å². The van der Waals surface area contributed by atoms with Gasteiger partial charge in [0.15, 0.2) is 0 Å². The molecule has 0 aliphatic heterocycles. The third-order valence-electron chi connectivity index (χ3n) is 3.16. The van der Waals surface area contributed by atoms with Crippen LogP contribution in [0.3, 0.4) is 0 Å². The Bertz CT molecular complexity index is 676. The second-order valence-corrected chi connectivity index (χ2v) is 6.58. The lowest BCUT2D eigenvalue weighted by molar-refractivity contribution is 0.282. The van der Waals surface area contributed by atoms with Crippen molar-refractivity contribution in [3.8, 4) is 0 Å². The molecule has 0 unspecified atom stereocenters. The summed E-state index contributed by atoms with van der Waals surface area (Å²) in [5, 5.41) is 8.98. The minimum Gasteiger partial charge on any atom is -0.392 e. The summed E-state index contributed by atoms with van der Waals surface area (Å²) in [7, 11) is -2.05. The van der Waals surface area contributed by atoms with Crippen LogP contribution in [0.15, 0.2) is 53.4 Å². The van der Waals surface area contributed by atoms with E-state index in [1.54, 1.807) is 24.3 Å². The number of aliphatic hydroxyl groups excluding tert-OH is 1. The summed E-state index contributed by atoms with van der Waals surface area (Å²) in [6, 6.07) is 13.5. The zero-order valence-electron chi connectivity index (χ0n) is 11.4. The molecule has 5 heteroatoms. The summed E-state index contributed by atoms with van der Waals surface area (Å²) in [6.07, 6.45) is 0. The van der Waals surface area contributed by atoms with Gasteiger partial charge in [0.1, 0.15) is 0 Å². The molecule has 0 spiro atoms. The molecule has 0 radical (unpaired) electrons. The molecule has 0 aliphatic rings. The molecule has 2 rings (SSSR count). The van der Waals surface area contributed by atoms with Crippen molar-refractivity contribution in [2.75, 3.05) is 11.4 Å². The van der Waals surface area contributed by atoms with Crippen LogP contribution < -0.4 is 4.31 Å². The van der Waals surface area contributed by atoms with E-state index in [1.807, 2.05) is 19.1 Å². The lowest BCUT2D eigenvalue weighted by Gasteiger charge is -2.19. The SMILES string of the molecule is Cc1ccc(N(C)S(=O)(=O)c2ccc(CO)cc2)cc1. The molecular weight excluding hydrogens is 274 g/mol. The minimum atomic E-state index is -3.58. The van der Waals surface area contributed by atoms with E-state index in [2.05, 4.69) is 0 Å². The van der Waals surface area contributed by atoms with Gasteiger partial charge in [-0.3, -0.25) is 4.31 Å². The summed E-state index contributed by atoms with van der Waals surface area (Å²) >= 11 is 0. The fraction of sp³-hybridized carbons (Fsp3) is 0.200. The van der Waals surface area contributed by atoms with Gasteiger partial charge in [-0.05, 0) is 36.8 Å². The number of nitrogens with zero attached hydrogens (tertiary/aromatic N) is 1. The fourth-order valence-corrected chi connectivity index (χ4v) is 3.01. The van der Waals surface area contributed by atoms with Gasteiger partial charge in [-0.2, -0.15) is 0 Å². The van der Waals surface area contributed by atoms with Crippen LogP contribution >= 0.6 is 0 Å². The standard InChI is InChI=1S/C15H17NO3S/c1-12-3-7-14(8-4-12)16(2)20(18,19)15-9-5-13(11-17)6-10-15/h3-10,17H,11H2,1-2H3. The topological polar surface area (TPSA) is 57.6 Å². The Morgan fingerprint density at radius 1 is 1.00 bits per heavy atom. The zero-order valence-corrected chi connectivity index (χ0v) is 12.3. The van der Waals surface area contributed by atoms with Gasteiger partial charge in [-0.15, -0.1) is 0 Å². The number of rotatable bonds is 4. The molecule has 1 N–H and O–H groups in total. The zero-order chi connectivity index (χ0) is 14.8. The maximum atomic E-state index is 12.5. The van der Waals surface area contributed by atoms with Gasteiger partial charge in [-0.1, -0.05) is 29.8 Å². The van der Waals surface area contributed by atoms with Crippen molar-refractivity contribution >= 4 is 15.7 Å². The van der Waals surface area contributed by atoms with E-state index < -0.39 is 10.0 Å². The molecule has 0 atom stereocenters. The lowest BCUT2D eigenvalue weighted by Crippen LogP contribution is -2.26. The number of sulfonamides is 1. The minimum absolute atomic E-state index is 0.103. The number of hydrogen-bond donors (Lipinski definition) is 1. The highest BCUT2D eigenvalue weighted by atomic mass is 32.2. The van der Waals surface area contributed by atoms with Crippen LogP contribution in [0, 0.1) is 6.92 Å². The molecule has 2 aromatic carbocycles. The normalized spacial score (nSPS) is 11.3. The second kappa shape index (κ2) is 5.64. The molecule has 0 heterocycles. The van der Waals surface area contributed by atoms with Gasteiger partial charge in [0.05, 0.1) is 17.2 Å². The Kier molecular flexibility index (Phi) is 4.11. The van der Waals surface area contributed by atoms with Crippen LogP contribution in [0.2, 0.25) is 0 Å². The predicted octanol–water partition coefficient (Wildman–Crippen LogP) is 2.31. The van der Waals surface area contributed by atoms with Crippen LogP contribution in [0.1, 0.15) is 11.1 Å². The number of hydrogen-bond acceptors (Lipinski definition) is 3. The highest BCUT2D eigenvalue weighted by Crippen LogP contribution is 2.22.